The molecule has 0 saturated carbocycles. The zero-order valence-corrected chi connectivity index (χ0v) is 6.66. The van der Waals surface area contributed by atoms with Crippen LogP contribution in [0, 0.1) is 5.92 Å². The predicted molar refractivity (Wildman–Crippen MR) is 41.4 cm³/mol. The second-order valence-electron chi connectivity index (χ2n) is 3.25. The summed E-state index contributed by atoms with van der Waals surface area (Å²) in [6, 6.07) is 0. The average Bonchev–Trinajstić information content (AvgIpc) is 2.07. The van der Waals surface area contributed by atoms with Gasteiger partial charge >= 0.3 is 5.97 Å². The van der Waals surface area contributed by atoms with Crippen molar-refractivity contribution in [3.05, 3.63) is 12.2 Å². The molecule has 1 heterocycles. The smallest absolute Gasteiger partial charge is 0.306 e. The molecule has 2 atom stereocenters. The fourth-order valence-electron chi connectivity index (χ4n) is 1.74. The third-order valence-electron chi connectivity index (χ3n) is 2.41. The Morgan fingerprint density at radius 2 is 2.25 bits per heavy atom. The normalized spacial score (nSPS) is 34.3. The number of ketones is 1. The number of fused-ring (bicyclic) bond motifs is 1. The molecule has 3 nitrogen and oxygen atoms in total. The van der Waals surface area contributed by atoms with Gasteiger partial charge < -0.3 is 4.74 Å². The van der Waals surface area contributed by atoms with Crippen LogP contribution >= 0.6 is 0 Å². The molecule has 0 aromatic rings. The molecule has 64 valence electrons. The first kappa shape index (κ1) is 7.53. The summed E-state index contributed by atoms with van der Waals surface area (Å²) in [6.07, 6.45) is 5.02. The fraction of sp³-hybridized carbons (Fsp3) is 0.556. The van der Waals surface area contributed by atoms with Gasteiger partial charge in [-0.05, 0) is 18.9 Å². The summed E-state index contributed by atoms with van der Waals surface area (Å²) in [5, 5.41) is 0. The second-order valence-corrected chi connectivity index (χ2v) is 3.25. The molecular formula is C9H10O3. The predicted octanol–water partition coefficient (Wildman–Crippen LogP) is 0.837. The van der Waals surface area contributed by atoms with E-state index in [-0.39, 0.29) is 17.7 Å². The van der Waals surface area contributed by atoms with Crippen molar-refractivity contribution < 1.29 is 14.3 Å². The molecule has 2 rings (SSSR count). The van der Waals surface area contributed by atoms with E-state index in [2.05, 4.69) is 0 Å². The molecule has 12 heavy (non-hydrogen) atoms. The van der Waals surface area contributed by atoms with Crippen molar-refractivity contribution in [2.24, 2.45) is 5.92 Å². The van der Waals surface area contributed by atoms with Crippen molar-refractivity contribution in [2.45, 2.75) is 25.4 Å². The quantitative estimate of drug-likeness (QED) is 0.501. The number of carbonyl (C=O) groups is 2. The van der Waals surface area contributed by atoms with Gasteiger partial charge in [0.1, 0.15) is 0 Å². The van der Waals surface area contributed by atoms with E-state index in [1.165, 1.54) is 6.08 Å². The van der Waals surface area contributed by atoms with Gasteiger partial charge in [-0.2, -0.15) is 0 Å². The number of hydrogen-bond donors (Lipinski definition) is 0. The highest BCUT2D eigenvalue weighted by atomic mass is 16.5. The summed E-state index contributed by atoms with van der Waals surface area (Å²) in [5.74, 6) is -0.0561. The van der Waals surface area contributed by atoms with Gasteiger partial charge in [-0.25, -0.2) is 0 Å². The first-order valence-electron chi connectivity index (χ1n) is 4.17. The highest BCUT2D eigenvalue weighted by molar-refractivity contribution is 5.96. The summed E-state index contributed by atoms with van der Waals surface area (Å²) < 4.78 is 4.96. The highest BCUT2D eigenvalue weighted by Crippen LogP contribution is 2.28. The van der Waals surface area contributed by atoms with Crippen LogP contribution in [0.15, 0.2) is 12.2 Å². The minimum absolute atomic E-state index is 0.0562. The van der Waals surface area contributed by atoms with E-state index in [1.807, 2.05) is 6.08 Å². The molecule has 1 fully saturated rings. The van der Waals surface area contributed by atoms with Crippen LogP contribution in [0.1, 0.15) is 19.3 Å². The molecule has 3 heteroatoms. The molecule has 0 N–H and O–H groups in total. The summed E-state index contributed by atoms with van der Waals surface area (Å²) >= 11 is 0. The average molecular weight is 166 g/mol. The van der Waals surface area contributed by atoms with Gasteiger partial charge in [-0.1, -0.05) is 6.08 Å². The number of ether oxygens (including phenoxy) is 1. The Morgan fingerprint density at radius 3 is 3.08 bits per heavy atom. The molecule has 0 aromatic carbocycles. The van der Waals surface area contributed by atoms with E-state index in [4.69, 9.17) is 4.74 Å². The van der Waals surface area contributed by atoms with Crippen LogP contribution in [0.3, 0.4) is 0 Å². The molecule has 1 aliphatic heterocycles. The van der Waals surface area contributed by atoms with Gasteiger partial charge in [0.05, 0.1) is 0 Å². The molecule has 0 radical (unpaired) electrons. The van der Waals surface area contributed by atoms with E-state index >= 15 is 0 Å². The monoisotopic (exact) mass is 166 g/mol. The Hall–Kier alpha value is -1.12. The SMILES string of the molecule is O=C1CCC2CC=CC(=O)C2O1. The van der Waals surface area contributed by atoms with Crippen LogP contribution in [0.5, 0.6) is 0 Å². The molecule has 0 bridgehead atoms. The third-order valence-corrected chi connectivity index (χ3v) is 2.41. The lowest BCUT2D eigenvalue weighted by Gasteiger charge is -2.30. The molecule has 0 aromatic heterocycles. The number of hydrogen-bond acceptors (Lipinski definition) is 3. The van der Waals surface area contributed by atoms with Crippen molar-refractivity contribution >= 4 is 11.8 Å². The van der Waals surface area contributed by atoms with Crippen LogP contribution in [-0.4, -0.2) is 17.9 Å². The second kappa shape index (κ2) is 2.73. The summed E-state index contributed by atoms with van der Waals surface area (Å²) in [7, 11) is 0. The number of carbonyl (C=O) groups excluding carboxylic acids is 2. The maximum atomic E-state index is 11.2. The molecule has 2 aliphatic rings. The van der Waals surface area contributed by atoms with Gasteiger partial charge in [0.2, 0.25) is 0 Å². The van der Waals surface area contributed by atoms with E-state index in [0.29, 0.717) is 6.42 Å². The van der Waals surface area contributed by atoms with Gasteiger partial charge in [-0.3, -0.25) is 9.59 Å². The maximum Gasteiger partial charge on any atom is 0.306 e. The Balaban J connectivity index is 2.18. The lowest BCUT2D eigenvalue weighted by molar-refractivity contribution is -0.163. The van der Waals surface area contributed by atoms with Crippen molar-refractivity contribution in [1.82, 2.24) is 0 Å². The summed E-state index contributed by atoms with van der Waals surface area (Å²) in [6.45, 7) is 0. The number of allylic oxidation sites excluding steroid dienone is 1. The van der Waals surface area contributed by atoms with Gasteiger partial charge in [0.15, 0.2) is 11.9 Å². The summed E-state index contributed by atoms with van der Waals surface area (Å²) in [4.78, 5) is 22.1. The number of esters is 1. The molecule has 0 amide bonds. The van der Waals surface area contributed by atoms with Crippen molar-refractivity contribution in [1.29, 1.82) is 0 Å². The first-order chi connectivity index (χ1) is 5.77. The maximum absolute atomic E-state index is 11.2. The molecule has 1 saturated heterocycles. The van der Waals surface area contributed by atoms with E-state index < -0.39 is 6.10 Å². The van der Waals surface area contributed by atoms with Crippen molar-refractivity contribution in [2.75, 3.05) is 0 Å². The Kier molecular flexibility index (Phi) is 1.71. The topological polar surface area (TPSA) is 43.4 Å². The molecule has 0 spiro atoms. The van der Waals surface area contributed by atoms with Crippen LogP contribution in [0.2, 0.25) is 0 Å². The first-order valence-corrected chi connectivity index (χ1v) is 4.17. The zero-order valence-electron chi connectivity index (χ0n) is 6.66. The van der Waals surface area contributed by atoms with Gasteiger partial charge in [-0.15, -0.1) is 0 Å². The lowest BCUT2D eigenvalue weighted by Crippen LogP contribution is -2.39. The van der Waals surface area contributed by atoms with Gasteiger partial charge in [0, 0.05) is 12.3 Å². The standard InChI is InChI=1S/C9H10O3/c10-7-3-1-2-6-4-5-8(11)12-9(6)7/h1,3,6,9H,2,4-5H2. The third kappa shape index (κ3) is 1.15. The van der Waals surface area contributed by atoms with Crippen molar-refractivity contribution in [3.8, 4) is 0 Å². The van der Waals surface area contributed by atoms with E-state index in [1.54, 1.807) is 0 Å². The summed E-state index contributed by atoms with van der Waals surface area (Å²) in [5.41, 5.74) is 0. The zero-order chi connectivity index (χ0) is 8.55. The molecular weight excluding hydrogens is 156 g/mol. The molecule has 1 aliphatic carbocycles. The van der Waals surface area contributed by atoms with Crippen LogP contribution in [-0.2, 0) is 14.3 Å². The Labute approximate surface area is 70.4 Å². The van der Waals surface area contributed by atoms with Crippen LogP contribution in [0.25, 0.3) is 0 Å². The van der Waals surface area contributed by atoms with E-state index in [0.717, 1.165) is 12.8 Å². The van der Waals surface area contributed by atoms with Crippen molar-refractivity contribution in [3.63, 3.8) is 0 Å². The molecule has 2 unspecified atom stereocenters. The van der Waals surface area contributed by atoms with Gasteiger partial charge in [0.25, 0.3) is 0 Å². The Morgan fingerprint density at radius 1 is 1.42 bits per heavy atom. The highest BCUT2D eigenvalue weighted by Gasteiger charge is 2.35. The van der Waals surface area contributed by atoms with Crippen LogP contribution < -0.4 is 0 Å². The fourth-order valence-corrected chi connectivity index (χ4v) is 1.74. The lowest BCUT2D eigenvalue weighted by atomic mass is 9.85. The minimum Gasteiger partial charge on any atom is -0.454 e. The van der Waals surface area contributed by atoms with Crippen LogP contribution in [0.4, 0.5) is 0 Å². The largest absolute Gasteiger partial charge is 0.454 e. The number of rotatable bonds is 0. The minimum atomic E-state index is -0.476. The Bertz CT molecular complexity index is 254. The van der Waals surface area contributed by atoms with E-state index in [9.17, 15) is 9.59 Å².